The number of hydrogen-bond donors (Lipinski definition) is 1. The number of nitrogens with one attached hydrogen (secondary N) is 1. The highest BCUT2D eigenvalue weighted by molar-refractivity contribution is 5.94. The monoisotopic (exact) mass is 370 g/mol. The van der Waals surface area contributed by atoms with E-state index in [2.05, 4.69) is 15.3 Å². The van der Waals surface area contributed by atoms with Crippen molar-refractivity contribution in [1.82, 2.24) is 15.1 Å². The number of rotatable bonds is 6. The molecule has 1 aliphatic rings. The number of carbonyl (C=O) groups excluding carboxylic acids is 1. The van der Waals surface area contributed by atoms with Gasteiger partial charge in [-0.15, -0.1) is 0 Å². The van der Waals surface area contributed by atoms with E-state index in [0.29, 0.717) is 23.8 Å². The number of nitrogens with zero attached hydrogens (tertiary/aromatic N) is 3. The molecule has 0 saturated carbocycles. The summed E-state index contributed by atoms with van der Waals surface area (Å²) in [7, 11) is 1.63. The molecule has 1 unspecified atom stereocenters. The summed E-state index contributed by atoms with van der Waals surface area (Å²) in [6.07, 6.45) is 2.74. The van der Waals surface area contributed by atoms with E-state index < -0.39 is 0 Å². The van der Waals surface area contributed by atoms with Gasteiger partial charge in [0, 0.05) is 38.3 Å². The summed E-state index contributed by atoms with van der Waals surface area (Å²) in [5.41, 5.74) is 1.32. The molecule has 1 saturated heterocycles. The van der Waals surface area contributed by atoms with Crippen LogP contribution in [0.2, 0.25) is 0 Å². The summed E-state index contributed by atoms with van der Waals surface area (Å²) in [6, 6.07) is 8.83. The van der Waals surface area contributed by atoms with E-state index in [0.717, 1.165) is 25.2 Å². The molecule has 2 heterocycles. The molecule has 1 aliphatic heterocycles. The van der Waals surface area contributed by atoms with Gasteiger partial charge in [-0.05, 0) is 44.4 Å². The molecule has 7 nitrogen and oxygen atoms in total. The molecular weight excluding hydrogens is 344 g/mol. The molecule has 1 amide bonds. The molecule has 1 atom stereocenters. The Morgan fingerprint density at radius 3 is 2.93 bits per heavy atom. The van der Waals surface area contributed by atoms with Gasteiger partial charge in [0.1, 0.15) is 5.75 Å². The molecule has 3 rings (SSSR count). The van der Waals surface area contributed by atoms with Crippen molar-refractivity contribution in [1.29, 1.82) is 0 Å². The van der Waals surface area contributed by atoms with E-state index in [-0.39, 0.29) is 17.6 Å². The third-order valence-corrected chi connectivity index (χ3v) is 4.62. The molecule has 0 radical (unpaired) electrons. The summed E-state index contributed by atoms with van der Waals surface area (Å²) >= 11 is 0. The Morgan fingerprint density at radius 1 is 1.37 bits per heavy atom. The standard InChI is InChI=1S/C20H26N4O3/c1-14(2)27-18-6-4-5-16(9-18)20(26)21-11-15-7-8-24(13-15)17-10-19(25)23(3)22-12-17/h4-6,9-10,12,14-15H,7-8,11,13H2,1-3H3,(H,21,26). The van der Waals surface area contributed by atoms with E-state index in [1.54, 1.807) is 31.4 Å². The first-order valence-electron chi connectivity index (χ1n) is 9.25. The number of amides is 1. The average Bonchev–Trinajstić information content (AvgIpc) is 3.10. The van der Waals surface area contributed by atoms with Gasteiger partial charge in [-0.2, -0.15) is 5.10 Å². The lowest BCUT2D eigenvalue weighted by atomic mass is 10.1. The van der Waals surface area contributed by atoms with Crippen LogP contribution >= 0.6 is 0 Å². The van der Waals surface area contributed by atoms with Crippen LogP contribution in [0.1, 0.15) is 30.6 Å². The molecule has 0 aliphatic carbocycles. The van der Waals surface area contributed by atoms with Crippen molar-refractivity contribution in [2.75, 3.05) is 24.5 Å². The van der Waals surface area contributed by atoms with Crippen molar-refractivity contribution < 1.29 is 9.53 Å². The number of hydrogen-bond acceptors (Lipinski definition) is 5. The SMILES string of the molecule is CC(C)Oc1cccc(C(=O)NCC2CCN(c3cnn(C)c(=O)c3)C2)c1. The third-order valence-electron chi connectivity index (χ3n) is 4.62. The van der Waals surface area contributed by atoms with Gasteiger partial charge in [-0.25, -0.2) is 4.68 Å². The van der Waals surface area contributed by atoms with Crippen LogP contribution in [0.25, 0.3) is 0 Å². The highest BCUT2D eigenvalue weighted by Gasteiger charge is 2.24. The lowest BCUT2D eigenvalue weighted by Gasteiger charge is -2.18. The van der Waals surface area contributed by atoms with E-state index in [9.17, 15) is 9.59 Å². The van der Waals surface area contributed by atoms with Crippen molar-refractivity contribution in [2.45, 2.75) is 26.4 Å². The second-order valence-corrected chi connectivity index (χ2v) is 7.18. The van der Waals surface area contributed by atoms with Gasteiger partial charge >= 0.3 is 0 Å². The lowest BCUT2D eigenvalue weighted by Crippen LogP contribution is -2.31. The number of ether oxygens (including phenoxy) is 1. The number of carbonyl (C=O) groups is 1. The van der Waals surface area contributed by atoms with Crippen molar-refractivity contribution in [3.05, 3.63) is 52.4 Å². The van der Waals surface area contributed by atoms with E-state index >= 15 is 0 Å². The summed E-state index contributed by atoms with van der Waals surface area (Å²) in [5, 5.41) is 7.08. The van der Waals surface area contributed by atoms with Gasteiger partial charge in [-0.1, -0.05) is 6.07 Å². The van der Waals surface area contributed by atoms with Crippen LogP contribution in [0.3, 0.4) is 0 Å². The molecule has 1 aromatic heterocycles. The van der Waals surface area contributed by atoms with E-state index in [1.165, 1.54) is 4.68 Å². The van der Waals surface area contributed by atoms with Crippen LogP contribution in [0, 0.1) is 5.92 Å². The summed E-state index contributed by atoms with van der Waals surface area (Å²) in [6.45, 7) is 6.16. The Morgan fingerprint density at radius 2 is 2.19 bits per heavy atom. The number of aromatic nitrogens is 2. The first-order valence-corrected chi connectivity index (χ1v) is 9.25. The Bertz CT molecular complexity index is 862. The second-order valence-electron chi connectivity index (χ2n) is 7.18. The van der Waals surface area contributed by atoms with Gasteiger partial charge in [0.05, 0.1) is 18.0 Å². The van der Waals surface area contributed by atoms with Crippen LogP contribution in [0.5, 0.6) is 5.75 Å². The molecule has 0 bridgehead atoms. The van der Waals surface area contributed by atoms with Gasteiger partial charge in [0.15, 0.2) is 0 Å². The van der Waals surface area contributed by atoms with Crippen molar-refractivity contribution >= 4 is 11.6 Å². The maximum atomic E-state index is 12.4. The molecule has 27 heavy (non-hydrogen) atoms. The summed E-state index contributed by atoms with van der Waals surface area (Å²) in [4.78, 5) is 26.3. The zero-order chi connectivity index (χ0) is 19.4. The van der Waals surface area contributed by atoms with Crippen molar-refractivity contribution in [3.63, 3.8) is 0 Å². The molecule has 7 heteroatoms. The Balaban J connectivity index is 1.54. The fraction of sp³-hybridized carbons (Fsp3) is 0.450. The largest absolute Gasteiger partial charge is 0.491 e. The zero-order valence-electron chi connectivity index (χ0n) is 16.0. The molecule has 0 spiro atoms. The highest BCUT2D eigenvalue weighted by atomic mass is 16.5. The zero-order valence-corrected chi connectivity index (χ0v) is 16.0. The molecule has 2 aromatic rings. The number of anilines is 1. The second kappa shape index (κ2) is 8.24. The summed E-state index contributed by atoms with van der Waals surface area (Å²) in [5.74, 6) is 0.939. The van der Waals surface area contributed by atoms with E-state index in [4.69, 9.17) is 4.74 Å². The third kappa shape index (κ3) is 4.87. The maximum Gasteiger partial charge on any atom is 0.268 e. The van der Waals surface area contributed by atoms with Gasteiger partial charge in [0.2, 0.25) is 0 Å². The van der Waals surface area contributed by atoms with Gasteiger partial charge < -0.3 is 15.0 Å². The topological polar surface area (TPSA) is 76.5 Å². The maximum absolute atomic E-state index is 12.4. The first kappa shape index (κ1) is 18.9. The molecule has 144 valence electrons. The van der Waals surface area contributed by atoms with Crippen molar-refractivity contribution in [3.8, 4) is 5.75 Å². The quantitative estimate of drug-likeness (QED) is 0.839. The minimum atomic E-state index is -0.118. The molecule has 1 aromatic carbocycles. The minimum absolute atomic E-state index is 0.0667. The normalized spacial score (nSPS) is 16.6. The Labute approximate surface area is 158 Å². The smallest absolute Gasteiger partial charge is 0.268 e. The van der Waals surface area contributed by atoms with Crippen molar-refractivity contribution in [2.24, 2.45) is 13.0 Å². The Kier molecular flexibility index (Phi) is 5.78. The van der Waals surface area contributed by atoms with Crippen LogP contribution < -0.4 is 20.5 Å². The van der Waals surface area contributed by atoms with Crippen LogP contribution in [-0.4, -0.2) is 41.4 Å². The van der Waals surface area contributed by atoms with Gasteiger partial charge in [0.25, 0.3) is 11.5 Å². The van der Waals surface area contributed by atoms with Gasteiger partial charge in [-0.3, -0.25) is 9.59 Å². The number of aryl methyl sites for hydroxylation is 1. The minimum Gasteiger partial charge on any atom is -0.491 e. The average molecular weight is 370 g/mol. The Hall–Kier alpha value is -2.83. The molecule has 1 fully saturated rings. The lowest BCUT2D eigenvalue weighted by molar-refractivity contribution is 0.0947. The first-order chi connectivity index (χ1) is 12.9. The van der Waals surface area contributed by atoms with E-state index in [1.807, 2.05) is 26.0 Å². The number of benzene rings is 1. The van der Waals surface area contributed by atoms with Crippen LogP contribution in [-0.2, 0) is 7.05 Å². The molecule has 1 N–H and O–H groups in total. The molecular formula is C20H26N4O3. The predicted molar refractivity (Wildman–Crippen MR) is 104 cm³/mol. The van der Waals surface area contributed by atoms with Crippen LogP contribution in [0.4, 0.5) is 5.69 Å². The fourth-order valence-electron chi connectivity index (χ4n) is 3.19. The fourth-order valence-corrected chi connectivity index (χ4v) is 3.19. The predicted octanol–water partition coefficient (Wildman–Crippen LogP) is 1.82. The highest BCUT2D eigenvalue weighted by Crippen LogP contribution is 2.22. The summed E-state index contributed by atoms with van der Waals surface area (Å²) < 4.78 is 6.96. The van der Waals surface area contributed by atoms with Crippen LogP contribution in [0.15, 0.2) is 41.3 Å².